The van der Waals surface area contributed by atoms with Gasteiger partial charge in [0.05, 0.1) is 0 Å². The van der Waals surface area contributed by atoms with Crippen LogP contribution in [0.2, 0.25) is 0 Å². The molecule has 0 aromatic heterocycles. The van der Waals surface area contributed by atoms with Gasteiger partial charge in [-0.2, -0.15) is 0 Å². The number of hydrogen-bond acceptors (Lipinski definition) is 3. The van der Waals surface area contributed by atoms with Crippen LogP contribution in [0, 0.1) is 6.48 Å². The first-order valence-corrected chi connectivity index (χ1v) is 3.60. The Morgan fingerprint density at radius 3 is 1.30 bits per heavy atom. The van der Waals surface area contributed by atoms with Gasteiger partial charge in [0.2, 0.25) is 0 Å². The first-order chi connectivity index (χ1) is 4.85. The molecule has 10 heavy (non-hydrogen) atoms. The van der Waals surface area contributed by atoms with Gasteiger partial charge in [0.1, 0.15) is 0 Å². The predicted molar refractivity (Wildman–Crippen MR) is 38.1 cm³/mol. The van der Waals surface area contributed by atoms with Crippen LogP contribution in [0.15, 0.2) is 0 Å². The molecule has 0 rings (SSSR count). The van der Waals surface area contributed by atoms with Crippen LogP contribution in [-0.2, 0) is 14.2 Å². The fourth-order valence-electron chi connectivity index (χ4n) is 0.479. The van der Waals surface area contributed by atoms with E-state index in [2.05, 4.69) is 0 Å². The summed E-state index contributed by atoms with van der Waals surface area (Å²) in [5.41, 5.74) is 0. The molecule has 3 heteroatoms. The highest BCUT2D eigenvalue weighted by Gasteiger charge is 2.08. The van der Waals surface area contributed by atoms with E-state index in [0.717, 1.165) is 0 Å². The second-order valence-electron chi connectivity index (χ2n) is 1.55. The normalized spacial score (nSPS) is 10.8. The molecule has 0 aliphatic rings. The van der Waals surface area contributed by atoms with Crippen molar-refractivity contribution >= 4 is 0 Å². The Morgan fingerprint density at radius 1 is 0.800 bits per heavy atom. The molecule has 0 saturated carbocycles. The first kappa shape index (κ1) is 9.88. The van der Waals surface area contributed by atoms with Gasteiger partial charge in [-0.1, -0.05) is 0 Å². The van der Waals surface area contributed by atoms with Crippen LogP contribution in [0.4, 0.5) is 0 Å². The predicted octanol–water partition coefficient (Wildman–Crippen LogP) is 1.54. The average molecular weight is 147 g/mol. The molecule has 0 aromatic rings. The van der Waals surface area contributed by atoms with Gasteiger partial charge < -0.3 is 14.2 Å². The molecule has 61 valence electrons. The summed E-state index contributed by atoms with van der Waals surface area (Å²) in [6.45, 7) is 7.68. The Kier molecular flexibility index (Phi) is 6.91. The van der Waals surface area contributed by atoms with Crippen LogP contribution < -0.4 is 0 Å². The van der Waals surface area contributed by atoms with E-state index in [-0.39, 0.29) is 6.48 Å². The third-order valence-electron chi connectivity index (χ3n) is 0.787. The zero-order valence-corrected chi connectivity index (χ0v) is 6.85. The maximum absolute atomic E-state index is 5.00. The number of hydrogen-bond donors (Lipinski definition) is 0. The van der Waals surface area contributed by atoms with Crippen LogP contribution in [0.25, 0.3) is 0 Å². The molecule has 0 aromatic carbocycles. The van der Waals surface area contributed by atoms with E-state index in [4.69, 9.17) is 14.2 Å². The summed E-state index contributed by atoms with van der Waals surface area (Å²) in [5, 5.41) is 0. The molecule has 0 aliphatic heterocycles. The van der Waals surface area contributed by atoms with Gasteiger partial charge in [-0.05, 0) is 20.8 Å². The van der Waals surface area contributed by atoms with E-state index < -0.39 is 0 Å². The van der Waals surface area contributed by atoms with E-state index in [1.165, 1.54) is 0 Å². The van der Waals surface area contributed by atoms with E-state index in [1.54, 1.807) is 0 Å². The number of rotatable bonds is 6. The SMILES string of the molecule is CCO[C](OCC)OCC. The van der Waals surface area contributed by atoms with Crippen molar-refractivity contribution in [1.29, 1.82) is 0 Å². The summed E-state index contributed by atoms with van der Waals surface area (Å²) in [6, 6.07) is 0. The summed E-state index contributed by atoms with van der Waals surface area (Å²) in [5.74, 6) is 0. The van der Waals surface area contributed by atoms with Crippen LogP contribution in [0.3, 0.4) is 0 Å². The van der Waals surface area contributed by atoms with Crippen molar-refractivity contribution in [3.8, 4) is 0 Å². The van der Waals surface area contributed by atoms with Crippen molar-refractivity contribution in [3.05, 3.63) is 6.48 Å². The summed E-state index contributed by atoms with van der Waals surface area (Å²) in [6.07, 6.45) is 0. The molecular formula is C7H15O3. The van der Waals surface area contributed by atoms with Gasteiger partial charge in [0.25, 0.3) is 0 Å². The van der Waals surface area contributed by atoms with Gasteiger partial charge in [-0.3, -0.25) is 0 Å². The summed E-state index contributed by atoms with van der Waals surface area (Å²) >= 11 is 0. The molecule has 0 atom stereocenters. The van der Waals surface area contributed by atoms with Crippen molar-refractivity contribution in [2.45, 2.75) is 20.8 Å². The Balaban J connectivity index is 3.30. The third kappa shape index (κ3) is 4.73. The smallest absolute Gasteiger partial charge is 0.321 e. The highest BCUT2D eigenvalue weighted by atomic mass is 16.8. The fraction of sp³-hybridized carbons (Fsp3) is 0.857. The van der Waals surface area contributed by atoms with Crippen molar-refractivity contribution in [1.82, 2.24) is 0 Å². The zero-order valence-electron chi connectivity index (χ0n) is 6.85. The lowest BCUT2D eigenvalue weighted by Gasteiger charge is -2.12. The van der Waals surface area contributed by atoms with Crippen LogP contribution in [0.5, 0.6) is 0 Å². The van der Waals surface area contributed by atoms with Crippen molar-refractivity contribution in [3.63, 3.8) is 0 Å². The minimum absolute atomic E-state index is 0.285. The topological polar surface area (TPSA) is 27.7 Å². The highest BCUT2D eigenvalue weighted by Crippen LogP contribution is 2.05. The lowest BCUT2D eigenvalue weighted by Crippen LogP contribution is -2.11. The molecule has 0 amide bonds. The molecule has 0 unspecified atom stereocenters. The molecule has 0 fully saturated rings. The zero-order chi connectivity index (χ0) is 7.82. The Labute approximate surface area is 62.3 Å². The molecule has 0 N–H and O–H groups in total. The van der Waals surface area contributed by atoms with E-state index in [9.17, 15) is 0 Å². The third-order valence-corrected chi connectivity index (χ3v) is 0.787. The molecule has 1 radical (unpaired) electrons. The second kappa shape index (κ2) is 6.99. The Morgan fingerprint density at radius 2 is 1.10 bits per heavy atom. The van der Waals surface area contributed by atoms with Gasteiger partial charge in [-0.15, -0.1) is 0 Å². The maximum Gasteiger partial charge on any atom is 0.370 e. The molecule has 0 heterocycles. The van der Waals surface area contributed by atoms with Gasteiger partial charge in [0.15, 0.2) is 0 Å². The second-order valence-corrected chi connectivity index (χ2v) is 1.55. The number of ether oxygens (including phenoxy) is 3. The minimum atomic E-state index is 0.285. The van der Waals surface area contributed by atoms with E-state index in [1.807, 2.05) is 20.8 Å². The van der Waals surface area contributed by atoms with Gasteiger partial charge in [0, 0.05) is 19.8 Å². The van der Waals surface area contributed by atoms with Crippen molar-refractivity contribution < 1.29 is 14.2 Å². The lowest BCUT2D eigenvalue weighted by molar-refractivity contribution is -0.180. The fourth-order valence-corrected chi connectivity index (χ4v) is 0.479. The summed E-state index contributed by atoms with van der Waals surface area (Å²) in [4.78, 5) is 0. The maximum atomic E-state index is 5.00. The summed E-state index contributed by atoms with van der Waals surface area (Å²) in [7, 11) is 0. The Hall–Kier alpha value is -0.120. The van der Waals surface area contributed by atoms with Gasteiger partial charge >= 0.3 is 6.48 Å². The molecule has 0 spiro atoms. The molecule has 0 saturated heterocycles. The van der Waals surface area contributed by atoms with E-state index >= 15 is 0 Å². The summed E-state index contributed by atoms with van der Waals surface area (Å²) < 4.78 is 15.0. The molecule has 0 aliphatic carbocycles. The lowest BCUT2D eigenvalue weighted by atomic mass is 10.8. The van der Waals surface area contributed by atoms with Gasteiger partial charge in [-0.25, -0.2) is 0 Å². The standard InChI is InChI=1S/C7H15O3/c1-4-8-7(9-5-2)10-6-3/h4-6H2,1-3H3. The van der Waals surface area contributed by atoms with Crippen LogP contribution >= 0.6 is 0 Å². The minimum Gasteiger partial charge on any atom is -0.321 e. The first-order valence-electron chi connectivity index (χ1n) is 3.60. The molecular weight excluding hydrogens is 132 g/mol. The highest BCUT2D eigenvalue weighted by molar-refractivity contribution is 4.45. The Bertz CT molecular complexity index is 51.6. The van der Waals surface area contributed by atoms with Crippen molar-refractivity contribution in [2.24, 2.45) is 0 Å². The van der Waals surface area contributed by atoms with Crippen LogP contribution in [-0.4, -0.2) is 19.8 Å². The average Bonchev–Trinajstić information content (AvgIpc) is 1.90. The monoisotopic (exact) mass is 147 g/mol. The quantitative estimate of drug-likeness (QED) is 0.570. The largest absolute Gasteiger partial charge is 0.370 e. The van der Waals surface area contributed by atoms with E-state index in [0.29, 0.717) is 19.8 Å². The molecule has 3 nitrogen and oxygen atoms in total. The van der Waals surface area contributed by atoms with Crippen LogP contribution in [0.1, 0.15) is 20.8 Å². The molecule has 0 bridgehead atoms. The van der Waals surface area contributed by atoms with Crippen molar-refractivity contribution in [2.75, 3.05) is 19.8 Å².